The molecule has 0 saturated carbocycles. The fourth-order valence-electron chi connectivity index (χ4n) is 3.96. The Balaban J connectivity index is 1.57. The van der Waals surface area contributed by atoms with E-state index in [9.17, 15) is 13.2 Å². The Bertz CT molecular complexity index is 1010. The molecule has 1 aliphatic rings. The van der Waals surface area contributed by atoms with Crippen LogP contribution in [0.4, 0.5) is 13.2 Å². The molecule has 0 unspecified atom stereocenters. The van der Waals surface area contributed by atoms with E-state index in [0.29, 0.717) is 30.1 Å². The summed E-state index contributed by atoms with van der Waals surface area (Å²) in [5, 5.41) is 1.37. The van der Waals surface area contributed by atoms with Gasteiger partial charge >= 0.3 is 6.18 Å². The smallest absolute Gasteiger partial charge is 0.416 e. The first-order chi connectivity index (χ1) is 13.8. The molecule has 0 amide bonds. The minimum absolute atomic E-state index is 0.524. The molecule has 4 rings (SSSR count). The Labute approximate surface area is 172 Å². The lowest BCUT2D eigenvalue weighted by Gasteiger charge is -2.24. The minimum Gasteiger partial charge on any atom is -0.494 e. The van der Waals surface area contributed by atoms with Crippen molar-refractivity contribution < 1.29 is 17.9 Å². The van der Waals surface area contributed by atoms with E-state index in [1.165, 1.54) is 12.1 Å². The number of nitrogens with zero attached hydrogens (tertiary/aromatic N) is 2. The largest absolute Gasteiger partial charge is 0.494 e. The van der Waals surface area contributed by atoms with E-state index < -0.39 is 11.7 Å². The topological polar surface area (TPSA) is 17.4 Å². The second-order valence-corrected chi connectivity index (χ2v) is 7.89. The average molecular weight is 423 g/mol. The summed E-state index contributed by atoms with van der Waals surface area (Å²) in [6, 6.07) is 11.3. The zero-order chi connectivity index (χ0) is 20.6. The Morgan fingerprint density at radius 2 is 1.86 bits per heavy atom. The van der Waals surface area contributed by atoms with Gasteiger partial charge in [-0.25, -0.2) is 0 Å². The van der Waals surface area contributed by atoms with Crippen molar-refractivity contribution in [3.8, 4) is 5.75 Å². The average Bonchev–Trinajstić information content (AvgIpc) is 2.98. The quantitative estimate of drug-likeness (QED) is 0.485. The first kappa shape index (κ1) is 20.1. The predicted molar refractivity (Wildman–Crippen MR) is 109 cm³/mol. The summed E-state index contributed by atoms with van der Waals surface area (Å²) in [4.78, 5) is 2.15. The van der Waals surface area contributed by atoms with E-state index in [1.807, 2.05) is 19.2 Å². The maximum absolute atomic E-state index is 13.2. The number of aromatic nitrogens is 1. The van der Waals surface area contributed by atoms with Gasteiger partial charge in [0.15, 0.2) is 0 Å². The van der Waals surface area contributed by atoms with Gasteiger partial charge in [-0.3, -0.25) is 0 Å². The first-order valence-electron chi connectivity index (χ1n) is 9.61. The zero-order valence-electron chi connectivity index (χ0n) is 16.1. The maximum atomic E-state index is 13.2. The number of ether oxygens (including phenoxy) is 1. The third-order valence-corrected chi connectivity index (χ3v) is 5.63. The molecule has 0 atom stereocenters. The van der Waals surface area contributed by atoms with Crippen LogP contribution in [0.1, 0.15) is 23.2 Å². The number of hydrogen-bond donors (Lipinski definition) is 0. The van der Waals surface area contributed by atoms with Crippen molar-refractivity contribution in [1.29, 1.82) is 0 Å². The highest BCUT2D eigenvalue weighted by atomic mass is 35.5. The van der Waals surface area contributed by atoms with Gasteiger partial charge < -0.3 is 14.2 Å². The summed E-state index contributed by atoms with van der Waals surface area (Å²) in [5.41, 5.74) is 2.43. The van der Waals surface area contributed by atoms with E-state index in [0.717, 1.165) is 41.9 Å². The highest BCUT2D eigenvalue weighted by Crippen LogP contribution is 2.36. The van der Waals surface area contributed by atoms with Gasteiger partial charge in [0.25, 0.3) is 0 Å². The number of aryl methyl sites for hydroxylation is 1. The molecule has 3 nitrogen and oxygen atoms in total. The fourth-order valence-corrected chi connectivity index (χ4v) is 4.09. The maximum Gasteiger partial charge on any atom is 0.416 e. The van der Waals surface area contributed by atoms with E-state index in [1.54, 1.807) is 18.2 Å². The Kier molecular flexibility index (Phi) is 5.49. The summed E-state index contributed by atoms with van der Waals surface area (Å²) >= 11 is 5.88. The van der Waals surface area contributed by atoms with Crippen LogP contribution in [-0.2, 0) is 25.7 Å². The monoisotopic (exact) mass is 422 g/mol. The van der Waals surface area contributed by atoms with Gasteiger partial charge in [-0.1, -0.05) is 11.6 Å². The van der Waals surface area contributed by atoms with Crippen molar-refractivity contribution >= 4 is 22.5 Å². The van der Waals surface area contributed by atoms with Crippen LogP contribution >= 0.6 is 11.6 Å². The summed E-state index contributed by atoms with van der Waals surface area (Å²) < 4.78 is 47.6. The molecule has 0 bridgehead atoms. The van der Waals surface area contributed by atoms with Crippen LogP contribution in [0.3, 0.4) is 0 Å². The third-order valence-electron chi connectivity index (χ3n) is 5.38. The number of benzene rings is 2. The minimum atomic E-state index is -4.34. The van der Waals surface area contributed by atoms with Gasteiger partial charge in [0.2, 0.25) is 0 Å². The molecule has 154 valence electrons. The molecule has 2 heterocycles. The van der Waals surface area contributed by atoms with Crippen LogP contribution in [0.25, 0.3) is 10.9 Å². The van der Waals surface area contributed by atoms with Crippen molar-refractivity contribution in [1.82, 2.24) is 9.47 Å². The molecule has 0 fully saturated rings. The van der Waals surface area contributed by atoms with Gasteiger partial charge in [-0.15, -0.1) is 0 Å². The van der Waals surface area contributed by atoms with Crippen molar-refractivity contribution in [3.63, 3.8) is 0 Å². The molecule has 0 aliphatic carbocycles. The molecule has 1 aromatic heterocycles. The van der Waals surface area contributed by atoms with Crippen LogP contribution in [0, 0.1) is 0 Å². The van der Waals surface area contributed by atoms with Crippen molar-refractivity contribution in [2.75, 3.05) is 20.2 Å². The molecular formula is C22H22ClF3N2O. The predicted octanol–water partition coefficient (Wildman–Crippen LogP) is 5.77. The van der Waals surface area contributed by atoms with Gasteiger partial charge in [-0.05, 0) is 61.5 Å². The van der Waals surface area contributed by atoms with Crippen LogP contribution < -0.4 is 4.74 Å². The molecule has 0 N–H and O–H groups in total. The lowest BCUT2D eigenvalue weighted by atomic mass is 10.0. The summed E-state index contributed by atoms with van der Waals surface area (Å²) in [6.45, 7) is 2.79. The first-order valence-corrected chi connectivity index (χ1v) is 9.99. The van der Waals surface area contributed by atoms with Crippen LogP contribution in [0.2, 0.25) is 5.02 Å². The zero-order valence-corrected chi connectivity index (χ0v) is 16.9. The summed E-state index contributed by atoms with van der Waals surface area (Å²) in [6.07, 6.45) is -2.74. The Morgan fingerprint density at radius 1 is 1.10 bits per heavy atom. The highest BCUT2D eigenvalue weighted by molar-refractivity contribution is 6.30. The van der Waals surface area contributed by atoms with Crippen LogP contribution in [0.15, 0.2) is 42.5 Å². The molecule has 1 aliphatic heterocycles. The second kappa shape index (κ2) is 7.92. The summed E-state index contributed by atoms with van der Waals surface area (Å²) in [5.74, 6) is 0.755. The van der Waals surface area contributed by atoms with E-state index in [-0.39, 0.29) is 0 Å². The SMILES string of the molecule is CN1CCc2c(c3cc(C(F)(F)F)ccc3n2CCCOc2ccc(Cl)cc2)C1. The standard InChI is InChI=1S/C22H22ClF3N2O/c1-27-11-9-21-19(14-27)18-13-15(22(24,25)26)3-8-20(18)28(21)10-2-12-29-17-6-4-16(23)5-7-17/h3-8,13H,2,9-12,14H2,1H3. The molecule has 0 spiro atoms. The Morgan fingerprint density at radius 3 is 2.59 bits per heavy atom. The molecular weight excluding hydrogens is 401 g/mol. The van der Waals surface area contributed by atoms with E-state index in [2.05, 4.69) is 9.47 Å². The van der Waals surface area contributed by atoms with E-state index in [4.69, 9.17) is 16.3 Å². The molecule has 3 aromatic rings. The highest BCUT2D eigenvalue weighted by Gasteiger charge is 2.32. The normalized spacial score (nSPS) is 14.9. The second-order valence-electron chi connectivity index (χ2n) is 7.45. The van der Waals surface area contributed by atoms with Crippen molar-refractivity contribution in [2.24, 2.45) is 0 Å². The van der Waals surface area contributed by atoms with Gasteiger partial charge in [-0.2, -0.15) is 13.2 Å². The molecule has 0 radical (unpaired) electrons. The van der Waals surface area contributed by atoms with Crippen molar-refractivity contribution in [3.05, 3.63) is 64.3 Å². The molecule has 7 heteroatoms. The third kappa shape index (κ3) is 4.23. The number of hydrogen-bond acceptors (Lipinski definition) is 2. The number of halogens is 4. The lowest BCUT2D eigenvalue weighted by Crippen LogP contribution is -2.27. The molecule has 29 heavy (non-hydrogen) atoms. The lowest BCUT2D eigenvalue weighted by molar-refractivity contribution is -0.137. The van der Waals surface area contributed by atoms with Gasteiger partial charge in [0, 0.05) is 47.7 Å². The number of alkyl halides is 3. The summed E-state index contributed by atoms with van der Waals surface area (Å²) in [7, 11) is 2.00. The Hall–Kier alpha value is -2.18. The number of fused-ring (bicyclic) bond motifs is 3. The van der Waals surface area contributed by atoms with Gasteiger partial charge in [0.05, 0.1) is 12.2 Å². The van der Waals surface area contributed by atoms with Crippen LogP contribution in [0.5, 0.6) is 5.75 Å². The number of rotatable bonds is 5. The van der Waals surface area contributed by atoms with E-state index >= 15 is 0 Å². The fraction of sp³-hybridized carbons (Fsp3) is 0.364. The molecule has 0 saturated heterocycles. The van der Waals surface area contributed by atoms with Crippen LogP contribution in [-0.4, -0.2) is 29.7 Å². The van der Waals surface area contributed by atoms with Crippen molar-refractivity contribution in [2.45, 2.75) is 32.1 Å². The van der Waals surface area contributed by atoms with Gasteiger partial charge in [0.1, 0.15) is 5.75 Å². The number of likely N-dealkylation sites (N-methyl/N-ethyl adjacent to an activating group) is 1. The molecule has 2 aromatic carbocycles.